The number of sulfonamides is 1. The van der Waals surface area contributed by atoms with Gasteiger partial charge in [-0.05, 0) is 18.6 Å². The fraction of sp³-hybridized carbons (Fsp3) is 0.333. The molecule has 98 valence electrons. The van der Waals surface area contributed by atoms with E-state index < -0.39 is 10.0 Å². The first-order valence-corrected chi connectivity index (χ1v) is 7.12. The number of benzene rings is 1. The van der Waals surface area contributed by atoms with E-state index in [1.54, 1.807) is 12.1 Å². The summed E-state index contributed by atoms with van der Waals surface area (Å²) in [5.74, 6) is 1.04. The van der Waals surface area contributed by atoms with Gasteiger partial charge in [-0.25, -0.2) is 13.1 Å². The summed E-state index contributed by atoms with van der Waals surface area (Å²) in [7, 11) is -3.50. The zero-order chi connectivity index (χ0) is 13.0. The molecule has 1 aliphatic heterocycles. The van der Waals surface area contributed by atoms with Crippen molar-refractivity contribution in [1.29, 1.82) is 0 Å². The molecule has 0 saturated carbocycles. The lowest BCUT2D eigenvalue weighted by atomic mass is 10.3. The number of rotatable bonds is 5. The molecular weight excluding hydrogens is 254 g/mol. The van der Waals surface area contributed by atoms with Gasteiger partial charge < -0.3 is 9.47 Å². The Balaban J connectivity index is 2.19. The zero-order valence-corrected chi connectivity index (χ0v) is 10.7. The highest BCUT2D eigenvalue weighted by Gasteiger charge is 2.18. The molecule has 0 atom stereocenters. The predicted octanol–water partition coefficient (Wildman–Crippen LogP) is 1.31. The van der Waals surface area contributed by atoms with Crippen LogP contribution in [0.3, 0.4) is 0 Å². The van der Waals surface area contributed by atoms with Crippen molar-refractivity contribution in [2.24, 2.45) is 0 Å². The number of hydrogen-bond acceptors (Lipinski definition) is 4. The maximum absolute atomic E-state index is 12.0. The standard InChI is InChI=1S/C12H15NO4S/c1-2-3-6-13-18(14,15)10-4-5-11-12(9-10)17-8-7-16-11/h2,4-5,9,13H,1,3,6-8H2. The summed E-state index contributed by atoms with van der Waals surface area (Å²) in [5.41, 5.74) is 0. The van der Waals surface area contributed by atoms with Crippen molar-refractivity contribution in [3.63, 3.8) is 0 Å². The van der Waals surface area contributed by atoms with Gasteiger partial charge in [0.05, 0.1) is 4.90 Å². The van der Waals surface area contributed by atoms with Crippen LogP contribution in [0.4, 0.5) is 0 Å². The van der Waals surface area contributed by atoms with Crippen LogP contribution in [-0.4, -0.2) is 28.2 Å². The molecular formula is C12H15NO4S. The summed E-state index contributed by atoms with van der Waals surface area (Å²) < 4.78 is 37.1. The molecule has 0 radical (unpaired) electrons. The Labute approximate surface area is 106 Å². The SMILES string of the molecule is C=CCCNS(=O)(=O)c1ccc2c(c1)OCCO2. The average molecular weight is 269 g/mol. The molecule has 0 bridgehead atoms. The molecule has 0 unspecified atom stereocenters. The second-order valence-electron chi connectivity index (χ2n) is 3.78. The van der Waals surface area contributed by atoms with Gasteiger partial charge in [-0.1, -0.05) is 6.08 Å². The third kappa shape index (κ3) is 2.83. The summed E-state index contributed by atoms with van der Waals surface area (Å²) in [6.45, 7) is 4.79. The van der Waals surface area contributed by atoms with Gasteiger partial charge in [-0.15, -0.1) is 6.58 Å². The highest BCUT2D eigenvalue weighted by Crippen LogP contribution is 2.32. The fourth-order valence-electron chi connectivity index (χ4n) is 1.57. The van der Waals surface area contributed by atoms with Crippen LogP contribution in [0.1, 0.15) is 6.42 Å². The highest BCUT2D eigenvalue weighted by molar-refractivity contribution is 7.89. The van der Waals surface area contributed by atoms with Gasteiger partial charge in [-0.3, -0.25) is 0 Å². The van der Waals surface area contributed by atoms with Crippen molar-refractivity contribution >= 4 is 10.0 Å². The third-order valence-corrected chi connectivity index (χ3v) is 3.92. The van der Waals surface area contributed by atoms with Crippen molar-refractivity contribution in [2.45, 2.75) is 11.3 Å². The minimum Gasteiger partial charge on any atom is -0.486 e. The minimum absolute atomic E-state index is 0.177. The van der Waals surface area contributed by atoms with Gasteiger partial charge in [0.25, 0.3) is 0 Å². The molecule has 0 aromatic heterocycles. The largest absolute Gasteiger partial charge is 0.486 e. The van der Waals surface area contributed by atoms with Crippen LogP contribution in [0.5, 0.6) is 11.5 Å². The number of ether oxygens (including phenoxy) is 2. The minimum atomic E-state index is -3.50. The van der Waals surface area contributed by atoms with E-state index in [-0.39, 0.29) is 4.90 Å². The lowest BCUT2D eigenvalue weighted by molar-refractivity contribution is 0.171. The molecule has 2 rings (SSSR count). The van der Waals surface area contributed by atoms with E-state index in [0.29, 0.717) is 37.7 Å². The Bertz CT molecular complexity index is 539. The molecule has 0 spiro atoms. The first-order chi connectivity index (χ1) is 8.63. The Morgan fingerprint density at radius 3 is 2.72 bits per heavy atom. The van der Waals surface area contributed by atoms with Gasteiger partial charge in [0.1, 0.15) is 13.2 Å². The lowest BCUT2D eigenvalue weighted by Gasteiger charge is -2.18. The van der Waals surface area contributed by atoms with Gasteiger partial charge in [0.2, 0.25) is 10.0 Å². The number of nitrogens with one attached hydrogen (secondary N) is 1. The van der Waals surface area contributed by atoms with E-state index in [1.165, 1.54) is 12.1 Å². The number of fused-ring (bicyclic) bond motifs is 1. The Hall–Kier alpha value is -1.53. The van der Waals surface area contributed by atoms with E-state index in [9.17, 15) is 8.42 Å². The summed E-state index contributed by atoms with van der Waals surface area (Å²) in [5, 5.41) is 0. The quantitative estimate of drug-likeness (QED) is 0.646. The van der Waals surface area contributed by atoms with Gasteiger partial charge in [-0.2, -0.15) is 0 Å². The molecule has 0 saturated heterocycles. The topological polar surface area (TPSA) is 64.6 Å². The first-order valence-electron chi connectivity index (χ1n) is 5.64. The number of hydrogen-bond donors (Lipinski definition) is 1. The summed E-state index contributed by atoms with van der Waals surface area (Å²) in [6, 6.07) is 4.59. The molecule has 0 amide bonds. The van der Waals surface area contributed by atoms with Crippen LogP contribution in [0.2, 0.25) is 0 Å². The molecule has 0 fully saturated rings. The van der Waals surface area contributed by atoms with Crippen LogP contribution in [0.15, 0.2) is 35.7 Å². The van der Waals surface area contributed by atoms with E-state index in [2.05, 4.69) is 11.3 Å². The lowest BCUT2D eigenvalue weighted by Crippen LogP contribution is -2.25. The van der Waals surface area contributed by atoms with E-state index in [4.69, 9.17) is 9.47 Å². The van der Waals surface area contributed by atoms with Gasteiger partial charge in [0.15, 0.2) is 11.5 Å². The molecule has 6 heteroatoms. The maximum Gasteiger partial charge on any atom is 0.240 e. The van der Waals surface area contributed by atoms with Crippen LogP contribution in [0, 0.1) is 0 Å². The van der Waals surface area contributed by atoms with Crippen molar-refractivity contribution in [3.05, 3.63) is 30.9 Å². The van der Waals surface area contributed by atoms with Crippen LogP contribution in [0.25, 0.3) is 0 Å². The normalized spacial score (nSPS) is 14.2. The van der Waals surface area contributed by atoms with E-state index >= 15 is 0 Å². The molecule has 1 aliphatic rings. The molecule has 1 N–H and O–H groups in total. The van der Waals surface area contributed by atoms with Crippen molar-refractivity contribution in [2.75, 3.05) is 19.8 Å². The van der Waals surface area contributed by atoms with E-state index in [0.717, 1.165) is 0 Å². The Morgan fingerprint density at radius 1 is 1.28 bits per heavy atom. The van der Waals surface area contributed by atoms with Crippen molar-refractivity contribution in [3.8, 4) is 11.5 Å². The van der Waals surface area contributed by atoms with Gasteiger partial charge in [0, 0.05) is 12.6 Å². The van der Waals surface area contributed by atoms with Crippen LogP contribution < -0.4 is 14.2 Å². The fourth-order valence-corrected chi connectivity index (χ4v) is 2.63. The van der Waals surface area contributed by atoms with Gasteiger partial charge >= 0.3 is 0 Å². The zero-order valence-electron chi connectivity index (χ0n) is 9.89. The highest BCUT2D eigenvalue weighted by atomic mass is 32.2. The molecule has 1 aromatic rings. The first kappa shape index (κ1) is 12.9. The smallest absolute Gasteiger partial charge is 0.240 e. The average Bonchev–Trinajstić information content (AvgIpc) is 2.38. The second-order valence-corrected chi connectivity index (χ2v) is 5.55. The third-order valence-electron chi connectivity index (χ3n) is 2.46. The van der Waals surface area contributed by atoms with E-state index in [1.807, 2.05) is 0 Å². The van der Waals surface area contributed by atoms with Crippen LogP contribution >= 0.6 is 0 Å². The Morgan fingerprint density at radius 2 is 2.00 bits per heavy atom. The monoisotopic (exact) mass is 269 g/mol. The van der Waals surface area contributed by atoms with Crippen LogP contribution in [-0.2, 0) is 10.0 Å². The second kappa shape index (κ2) is 5.41. The summed E-state index contributed by atoms with van der Waals surface area (Å²) in [4.78, 5) is 0.177. The van der Waals surface area contributed by atoms with Crippen molar-refractivity contribution in [1.82, 2.24) is 4.72 Å². The summed E-state index contributed by atoms with van der Waals surface area (Å²) in [6.07, 6.45) is 2.25. The molecule has 1 heterocycles. The molecule has 0 aliphatic carbocycles. The predicted molar refractivity (Wildman–Crippen MR) is 67.4 cm³/mol. The summed E-state index contributed by atoms with van der Waals surface area (Å²) >= 11 is 0. The Kier molecular flexibility index (Phi) is 3.88. The molecule has 5 nitrogen and oxygen atoms in total. The maximum atomic E-state index is 12.0. The van der Waals surface area contributed by atoms with Crippen molar-refractivity contribution < 1.29 is 17.9 Å². The molecule has 18 heavy (non-hydrogen) atoms. The molecule has 1 aromatic carbocycles.